The van der Waals surface area contributed by atoms with Crippen molar-refractivity contribution in [2.75, 3.05) is 26.3 Å². The Morgan fingerprint density at radius 3 is 2.03 bits per heavy atom. The van der Waals surface area contributed by atoms with Gasteiger partial charge in [-0.1, -0.05) is 74.5 Å². The number of carbonyl (C=O) groups is 4. The molecule has 9 nitrogen and oxygen atoms in total. The van der Waals surface area contributed by atoms with E-state index in [1.807, 2.05) is 18.7 Å². The van der Waals surface area contributed by atoms with Crippen LogP contribution in [0.15, 0.2) is 12.2 Å². The molecule has 9 heteroatoms. The molecule has 0 aromatic carbocycles. The Kier molecular flexibility index (Phi) is 10.1. The number of rotatable bonds is 7. The maximum absolute atomic E-state index is 15.0. The number of morpholine rings is 1. The highest BCUT2D eigenvalue weighted by atomic mass is 16.5. The minimum absolute atomic E-state index is 0.00897. The Morgan fingerprint density at radius 2 is 1.41 bits per heavy atom. The Hall–Kier alpha value is -2.42. The summed E-state index contributed by atoms with van der Waals surface area (Å²) < 4.78 is 12.0. The van der Waals surface area contributed by atoms with Crippen LogP contribution < -0.4 is 5.32 Å². The lowest BCUT2D eigenvalue weighted by molar-refractivity contribution is -0.251. The first-order valence-corrected chi connectivity index (χ1v) is 23.2. The fraction of sp³-hybridized carbons (Fsp3) is 0.878. The Balaban J connectivity index is 1.00. The number of carboxylic acids is 1. The summed E-state index contributed by atoms with van der Waals surface area (Å²) in [6, 6.07) is -0.00897. The van der Waals surface area contributed by atoms with Crippen LogP contribution in [0, 0.1) is 85.2 Å². The van der Waals surface area contributed by atoms with E-state index in [0.717, 1.165) is 64.2 Å². The lowest BCUT2D eigenvalue weighted by atomic mass is 9.32. The molecule has 0 aromatic rings. The van der Waals surface area contributed by atoms with E-state index < -0.39 is 22.7 Å². The van der Waals surface area contributed by atoms with Gasteiger partial charge in [-0.3, -0.25) is 19.2 Å². The van der Waals surface area contributed by atoms with Gasteiger partial charge in [-0.25, -0.2) is 0 Å². The number of carboxylic acid groups (broad SMARTS) is 1. The zero-order chi connectivity index (χ0) is 42.2. The normalized spacial score (nSPS) is 47.0. The number of aliphatic carboxylic acids is 1. The van der Waals surface area contributed by atoms with Crippen molar-refractivity contribution in [1.82, 2.24) is 10.2 Å². The average molecular weight is 805 g/mol. The van der Waals surface area contributed by atoms with Gasteiger partial charge in [-0.2, -0.15) is 0 Å². The lowest BCUT2D eigenvalue weighted by Crippen LogP contribution is -2.68. The van der Waals surface area contributed by atoms with Crippen molar-refractivity contribution >= 4 is 23.8 Å². The molecule has 0 bridgehead atoms. The fourth-order valence-electron chi connectivity index (χ4n) is 16.6. The smallest absolute Gasteiger partial charge is 0.309 e. The van der Waals surface area contributed by atoms with Crippen LogP contribution in [0.2, 0.25) is 0 Å². The molecule has 8 fully saturated rings. The molecular weight excluding hydrogens is 729 g/mol. The van der Waals surface area contributed by atoms with Crippen LogP contribution in [0.4, 0.5) is 0 Å². The number of nitrogens with zero attached hydrogens (tertiary/aromatic N) is 1. The molecule has 7 saturated carbocycles. The van der Waals surface area contributed by atoms with E-state index in [1.54, 1.807) is 0 Å². The number of ether oxygens (including phenoxy) is 2. The molecule has 1 saturated heterocycles. The van der Waals surface area contributed by atoms with Crippen molar-refractivity contribution in [3.05, 3.63) is 12.2 Å². The molecule has 324 valence electrons. The summed E-state index contributed by atoms with van der Waals surface area (Å²) in [7, 11) is 0. The molecule has 58 heavy (non-hydrogen) atoms. The van der Waals surface area contributed by atoms with Crippen LogP contribution in [-0.4, -0.2) is 72.2 Å². The van der Waals surface area contributed by atoms with E-state index in [-0.39, 0.29) is 74.8 Å². The Labute approximate surface area is 348 Å². The monoisotopic (exact) mass is 805 g/mol. The third-order valence-corrected chi connectivity index (χ3v) is 20.8. The standard InChI is InChI=1S/C49H76N2O7/c1-28(2)29-14-19-49(42(56)50-36-27-31(44(36,5)6)39(52)51-22-24-57-25-23-51)21-20-47(10)30(38(29)49)12-13-35-46(9)17-16-37(45(7,8)34(46)15-18-48(35,47)11)58-41(55)33-26-32(40(53)54)43(33,3)4/h29-38H,1,12-27H2,2-11H3,(H,50,56)(H,53,54). The molecular formula is C49H76N2O7. The molecule has 8 rings (SSSR count). The molecule has 7 aliphatic carbocycles. The first kappa shape index (κ1) is 42.3. The van der Waals surface area contributed by atoms with E-state index in [9.17, 15) is 19.5 Å². The zero-order valence-electron chi connectivity index (χ0n) is 37.6. The number of carbonyl (C=O) groups excluding carboxylic acids is 3. The van der Waals surface area contributed by atoms with Gasteiger partial charge in [0, 0.05) is 30.5 Å². The minimum atomic E-state index is -0.823. The molecule has 1 heterocycles. The van der Waals surface area contributed by atoms with Gasteiger partial charge in [0.15, 0.2) is 0 Å². The number of amides is 2. The maximum atomic E-state index is 15.0. The number of fused-ring (bicyclic) bond motifs is 7. The molecule has 2 N–H and O–H groups in total. The van der Waals surface area contributed by atoms with Gasteiger partial charge in [-0.05, 0) is 141 Å². The second kappa shape index (κ2) is 13.8. The molecule has 8 aliphatic rings. The van der Waals surface area contributed by atoms with E-state index in [0.29, 0.717) is 62.8 Å². The number of hydrogen-bond donors (Lipinski definition) is 2. The van der Waals surface area contributed by atoms with Crippen molar-refractivity contribution in [3.8, 4) is 0 Å². The van der Waals surface area contributed by atoms with Gasteiger partial charge in [-0.15, -0.1) is 0 Å². The molecule has 0 radical (unpaired) electrons. The average Bonchev–Trinajstić information content (AvgIpc) is 3.55. The van der Waals surface area contributed by atoms with Crippen LogP contribution >= 0.6 is 0 Å². The second-order valence-electron chi connectivity index (χ2n) is 23.7. The highest BCUT2D eigenvalue weighted by molar-refractivity contribution is 5.86. The van der Waals surface area contributed by atoms with Gasteiger partial charge in [0.1, 0.15) is 6.10 Å². The summed E-state index contributed by atoms with van der Waals surface area (Å²) in [6.07, 6.45) is 11.2. The van der Waals surface area contributed by atoms with Gasteiger partial charge in [0.2, 0.25) is 11.8 Å². The second-order valence-corrected chi connectivity index (χ2v) is 23.7. The van der Waals surface area contributed by atoms with Crippen molar-refractivity contribution in [2.45, 2.75) is 158 Å². The largest absolute Gasteiger partial charge is 0.481 e. The van der Waals surface area contributed by atoms with Crippen LogP contribution in [-0.2, 0) is 28.7 Å². The molecule has 1 aliphatic heterocycles. The van der Waals surface area contributed by atoms with Gasteiger partial charge >= 0.3 is 11.9 Å². The molecule has 0 aromatic heterocycles. The van der Waals surface area contributed by atoms with Crippen LogP contribution in [0.25, 0.3) is 0 Å². The van der Waals surface area contributed by atoms with E-state index >= 15 is 4.79 Å². The first-order valence-electron chi connectivity index (χ1n) is 23.2. The summed E-state index contributed by atoms with van der Waals surface area (Å²) in [5.74, 6) is 0.463. The number of hydrogen-bond acceptors (Lipinski definition) is 6. The summed E-state index contributed by atoms with van der Waals surface area (Å²) in [5, 5.41) is 13.3. The molecule has 14 unspecified atom stereocenters. The highest BCUT2D eigenvalue weighted by Crippen LogP contribution is 2.78. The SMILES string of the molecule is C=C(C)C1CCC2(C(=O)NC3CC(C(=O)N4CCOCC4)C3(C)C)CCC3(C)C(CCC4C5(C)CCC(OC(=O)C6CC(C(=O)O)C6(C)C)C(C)(C)C5CCC43C)C12. The lowest BCUT2D eigenvalue weighted by Gasteiger charge is -2.73. The number of esters is 1. The molecule has 2 amide bonds. The van der Waals surface area contributed by atoms with Crippen LogP contribution in [0.5, 0.6) is 0 Å². The predicted octanol–water partition coefficient (Wildman–Crippen LogP) is 8.69. The van der Waals surface area contributed by atoms with Crippen molar-refractivity contribution in [2.24, 2.45) is 85.2 Å². The van der Waals surface area contributed by atoms with E-state index in [4.69, 9.17) is 9.47 Å². The number of allylic oxidation sites excluding steroid dienone is 1. The topological polar surface area (TPSA) is 122 Å². The van der Waals surface area contributed by atoms with Crippen molar-refractivity contribution in [3.63, 3.8) is 0 Å². The fourth-order valence-corrected chi connectivity index (χ4v) is 16.6. The van der Waals surface area contributed by atoms with Crippen molar-refractivity contribution in [1.29, 1.82) is 0 Å². The van der Waals surface area contributed by atoms with Gasteiger partial charge in [0.05, 0.1) is 30.5 Å². The third kappa shape index (κ3) is 5.74. The van der Waals surface area contributed by atoms with Gasteiger partial charge < -0.3 is 24.8 Å². The molecule has 14 atom stereocenters. The zero-order valence-corrected chi connectivity index (χ0v) is 37.6. The quantitative estimate of drug-likeness (QED) is 0.195. The van der Waals surface area contributed by atoms with Crippen molar-refractivity contribution < 1.29 is 33.8 Å². The van der Waals surface area contributed by atoms with Gasteiger partial charge in [0.25, 0.3) is 0 Å². The Morgan fingerprint density at radius 1 is 0.724 bits per heavy atom. The summed E-state index contributed by atoms with van der Waals surface area (Å²) >= 11 is 0. The summed E-state index contributed by atoms with van der Waals surface area (Å²) in [5.41, 5.74) is 0.0496. The number of nitrogens with one attached hydrogen (secondary N) is 1. The summed E-state index contributed by atoms with van der Waals surface area (Å²) in [4.78, 5) is 56.0. The minimum Gasteiger partial charge on any atom is -0.481 e. The molecule has 0 spiro atoms. The maximum Gasteiger partial charge on any atom is 0.309 e. The van der Waals surface area contributed by atoms with E-state index in [1.165, 1.54) is 5.57 Å². The van der Waals surface area contributed by atoms with E-state index in [2.05, 4.69) is 67.3 Å². The highest BCUT2D eigenvalue weighted by Gasteiger charge is 2.72. The predicted molar refractivity (Wildman–Crippen MR) is 223 cm³/mol. The first-order chi connectivity index (χ1) is 27.0. The Bertz CT molecular complexity index is 1730. The summed E-state index contributed by atoms with van der Waals surface area (Å²) in [6.45, 7) is 29.9. The third-order valence-electron chi connectivity index (χ3n) is 20.8. The van der Waals surface area contributed by atoms with Crippen LogP contribution in [0.3, 0.4) is 0 Å². The van der Waals surface area contributed by atoms with Crippen LogP contribution in [0.1, 0.15) is 146 Å².